The second-order valence-corrected chi connectivity index (χ2v) is 3.98. The van der Waals surface area contributed by atoms with E-state index in [4.69, 9.17) is 19.0 Å². The molecular formula is C14H10O5. The third-order valence-electron chi connectivity index (χ3n) is 2.67. The summed E-state index contributed by atoms with van der Waals surface area (Å²) < 4.78 is 15.5. The molecule has 0 aliphatic carbocycles. The van der Waals surface area contributed by atoms with Crippen molar-refractivity contribution in [3.05, 3.63) is 52.1 Å². The fraction of sp³-hybridized carbons (Fsp3) is 0.0714. The molecule has 1 aliphatic heterocycles. The van der Waals surface area contributed by atoms with Crippen molar-refractivity contribution in [2.45, 2.75) is 0 Å². The number of hydrogen-bond acceptors (Lipinski definition) is 5. The zero-order valence-electron chi connectivity index (χ0n) is 9.83. The maximum absolute atomic E-state index is 11.2. The van der Waals surface area contributed by atoms with Crippen molar-refractivity contribution in [3.63, 3.8) is 0 Å². The van der Waals surface area contributed by atoms with Crippen molar-refractivity contribution in [1.29, 1.82) is 0 Å². The summed E-state index contributed by atoms with van der Waals surface area (Å²) in [6.45, 7) is 0.231. The Balaban J connectivity index is 1.86. The van der Waals surface area contributed by atoms with E-state index in [1.54, 1.807) is 12.2 Å². The van der Waals surface area contributed by atoms with Crippen LogP contribution in [0.3, 0.4) is 0 Å². The highest BCUT2D eigenvalue weighted by Gasteiger charge is 2.12. The van der Waals surface area contributed by atoms with Crippen LogP contribution in [0.25, 0.3) is 12.2 Å². The van der Waals surface area contributed by atoms with E-state index >= 15 is 0 Å². The summed E-state index contributed by atoms with van der Waals surface area (Å²) in [6, 6.07) is 6.73. The van der Waals surface area contributed by atoms with Gasteiger partial charge < -0.3 is 19.0 Å². The van der Waals surface area contributed by atoms with Gasteiger partial charge in [-0.1, -0.05) is 12.1 Å². The Hall–Kier alpha value is -2.69. The van der Waals surface area contributed by atoms with E-state index in [1.807, 2.05) is 18.2 Å². The van der Waals surface area contributed by atoms with E-state index in [0.717, 1.165) is 11.8 Å². The van der Waals surface area contributed by atoms with Gasteiger partial charge in [0, 0.05) is 6.07 Å². The summed E-state index contributed by atoms with van der Waals surface area (Å²) in [6.07, 6.45) is 4.43. The Labute approximate surface area is 108 Å². The molecule has 2 heterocycles. The van der Waals surface area contributed by atoms with Crippen LogP contribution in [0.2, 0.25) is 0 Å². The molecule has 1 aromatic carbocycles. The lowest BCUT2D eigenvalue weighted by atomic mass is 10.2. The smallest absolute Gasteiger partial charge is 0.231 e. The molecule has 1 N–H and O–H groups in total. The summed E-state index contributed by atoms with van der Waals surface area (Å²) in [5, 5.41) is 9.07. The zero-order valence-corrected chi connectivity index (χ0v) is 9.83. The van der Waals surface area contributed by atoms with Crippen LogP contribution >= 0.6 is 0 Å². The van der Waals surface area contributed by atoms with E-state index in [0.29, 0.717) is 17.3 Å². The van der Waals surface area contributed by atoms with Gasteiger partial charge in [0.25, 0.3) is 0 Å². The van der Waals surface area contributed by atoms with Gasteiger partial charge in [-0.2, -0.15) is 0 Å². The largest absolute Gasteiger partial charge is 0.502 e. The van der Waals surface area contributed by atoms with Gasteiger partial charge in [0.2, 0.25) is 12.2 Å². The summed E-state index contributed by atoms with van der Waals surface area (Å²) in [5.41, 5.74) is 0.413. The van der Waals surface area contributed by atoms with E-state index in [2.05, 4.69) is 0 Å². The SMILES string of the molecule is O=c1cc(/C=C/c2ccc3c(c2)OCO3)occ1O. The van der Waals surface area contributed by atoms with Crippen LogP contribution in [0.5, 0.6) is 17.2 Å². The highest BCUT2D eigenvalue weighted by Crippen LogP contribution is 2.32. The van der Waals surface area contributed by atoms with Gasteiger partial charge in [-0.25, -0.2) is 0 Å². The van der Waals surface area contributed by atoms with Crippen LogP contribution < -0.4 is 14.9 Å². The molecule has 2 aromatic rings. The monoisotopic (exact) mass is 258 g/mol. The van der Waals surface area contributed by atoms with E-state index < -0.39 is 11.2 Å². The number of ether oxygens (including phenoxy) is 2. The first-order valence-electron chi connectivity index (χ1n) is 5.62. The first-order chi connectivity index (χ1) is 9.22. The highest BCUT2D eigenvalue weighted by atomic mass is 16.7. The molecule has 0 unspecified atom stereocenters. The van der Waals surface area contributed by atoms with Gasteiger partial charge in [-0.05, 0) is 23.8 Å². The molecule has 0 fully saturated rings. The summed E-state index contributed by atoms with van der Waals surface area (Å²) in [4.78, 5) is 11.2. The second-order valence-electron chi connectivity index (χ2n) is 3.98. The first kappa shape index (κ1) is 11.4. The fourth-order valence-corrected chi connectivity index (χ4v) is 1.70. The minimum absolute atomic E-state index is 0.231. The molecule has 5 nitrogen and oxygen atoms in total. The molecule has 1 aliphatic rings. The predicted octanol–water partition coefficient (Wildman–Crippen LogP) is 2.24. The molecule has 5 heteroatoms. The van der Waals surface area contributed by atoms with Crippen LogP contribution in [0.1, 0.15) is 11.3 Å². The number of rotatable bonds is 2. The maximum atomic E-state index is 11.2. The fourth-order valence-electron chi connectivity index (χ4n) is 1.70. The van der Waals surface area contributed by atoms with Crippen molar-refractivity contribution in [1.82, 2.24) is 0 Å². The van der Waals surface area contributed by atoms with Gasteiger partial charge in [-0.3, -0.25) is 4.79 Å². The Morgan fingerprint density at radius 1 is 1.11 bits per heavy atom. The first-order valence-corrected chi connectivity index (χ1v) is 5.62. The predicted molar refractivity (Wildman–Crippen MR) is 68.1 cm³/mol. The number of hydrogen-bond donors (Lipinski definition) is 1. The highest BCUT2D eigenvalue weighted by molar-refractivity contribution is 5.69. The summed E-state index contributed by atoms with van der Waals surface area (Å²) in [5.74, 6) is 1.36. The lowest BCUT2D eigenvalue weighted by Crippen LogP contribution is -1.97. The van der Waals surface area contributed by atoms with Crippen LogP contribution in [-0.4, -0.2) is 11.9 Å². The lowest BCUT2D eigenvalue weighted by Gasteiger charge is -1.97. The molecule has 3 rings (SSSR count). The molecular weight excluding hydrogens is 248 g/mol. The van der Waals surface area contributed by atoms with Gasteiger partial charge >= 0.3 is 0 Å². The van der Waals surface area contributed by atoms with Crippen LogP contribution in [-0.2, 0) is 0 Å². The Morgan fingerprint density at radius 2 is 1.95 bits per heavy atom. The number of benzene rings is 1. The van der Waals surface area contributed by atoms with E-state index in [1.165, 1.54) is 6.07 Å². The molecule has 0 saturated carbocycles. The zero-order chi connectivity index (χ0) is 13.2. The summed E-state index contributed by atoms with van der Waals surface area (Å²) in [7, 11) is 0. The quantitative estimate of drug-likeness (QED) is 0.894. The Kier molecular flexibility index (Phi) is 2.72. The topological polar surface area (TPSA) is 68.9 Å². The Bertz CT molecular complexity index is 699. The molecule has 0 spiro atoms. The lowest BCUT2D eigenvalue weighted by molar-refractivity contribution is 0.174. The number of fused-ring (bicyclic) bond motifs is 1. The molecule has 0 atom stereocenters. The second kappa shape index (κ2) is 4.53. The van der Waals surface area contributed by atoms with Crippen molar-refractivity contribution in [3.8, 4) is 17.2 Å². The van der Waals surface area contributed by atoms with Gasteiger partial charge in [-0.15, -0.1) is 0 Å². The average molecular weight is 258 g/mol. The molecule has 19 heavy (non-hydrogen) atoms. The molecule has 0 amide bonds. The Morgan fingerprint density at radius 3 is 2.79 bits per heavy atom. The van der Waals surface area contributed by atoms with Gasteiger partial charge in [0.15, 0.2) is 17.2 Å². The molecule has 1 aromatic heterocycles. The minimum Gasteiger partial charge on any atom is -0.502 e. The van der Waals surface area contributed by atoms with Crippen LogP contribution in [0, 0.1) is 0 Å². The normalized spacial score (nSPS) is 13.1. The summed E-state index contributed by atoms with van der Waals surface area (Å²) >= 11 is 0. The number of aromatic hydroxyl groups is 1. The third kappa shape index (κ3) is 2.30. The van der Waals surface area contributed by atoms with Gasteiger partial charge in [0.1, 0.15) is 12.0 Å². The van der Waals surface area contributed by atoms with Crippen molar-refractivity contribution >= 4 is 12.2 Å². The van der Waals surface area contributed by atoms with Gasteiger partial charge in [0.05, 0.1) is 0 Å². The molecule has 0 saturated heterocycles. The molecule has 0 radical (unpaired) electrons. The average Bonchev–Trinajstić information content (AvgIpc) is 2.87. The van der Waals surface area contributed by atoms with Crippen molar-refractivity contribution in [2.75, 3.05) is 6.79 Å². The minimum atomic E-state index is -0.475. The third-order valence-corrected chi connectivity index (χ3v) is 2.67. The van der Waals surface area contributed by atoms with Crippen LogP contribution in [0.15, 0.2) is 39.7 Å². The van der Waals surface area contributed by atoms with E-state index in [-0.39, 0.29) is 6.79 Å². The van der Waals surface area contributed by atoms with E-state index in [9.17, 15) is 4.79 Å². The molecule has 0 bridgehead atoms. The van der Waals surface area contributed by atoms with Crippen molar-refractivity contribution < 1.29 is 19.0 Å². The molecule has 96 valence electrons. The van der Waals surface area contributed by atoms with Crippen molar-refractivity contribution in [2.24, 2.45) is 0 Å². The van der Waals surface area contributed by atoms with Crippen LogP contribution in [0.4, 0.5) is 0 Å². The standard InChI is InChI=1S/C14H10O5/c15-11-6-10(17-7-12(11)16)3-1-9-2-4-13-14(5-9)19-8-18-13/h1-7,16H,8H2/b3-1+. The maximum Gasteiger partial charge on any atom is 0.231 e.